The molecule has 1 aromatic heterocycles. The van der Waals surface area contributed by atoms with E-state index in [0.29, 0.717) is 23.3 Å². The molecular weight excluding hydrogens is 284 g/mol. The van der Waals surface area contributed by atoms with Crippen molar-refractivity contribution in [1.29, 1.82) is 0 Å². The molecule has 2 N–H and O–H groups in total. The Bertz CT molecular complexity index is 619. The van der Waals surface area contributed by atoms with Gasteiger partial charge in [-0.05, 0) is 31.2 Å². The maximum absolute atomic E-state index is 10.9. The molecule has 0 saturated heterocycles. The van der Waals surface area contributed by atoms with Crippen molar-refractivity contribution in [1.82, 2.24) is 4.98 Å². The highest BCUT2D eigenvalue weighted by molar-refractivity contribution is 5.78. The summed E-state index contributed by atoms with van der Waals surface area (Å²) in [6.45, 7) is 5.93. The molecule has 0 bridgehead atoms. The number of hydrogen-bond acceptors (Lipinski definition) is 5. The maximum Gasteiger partial charge on any atom is 0.258 e. The first-order valence-corrected chi connectivity index (χ1v) is 7.09. The number of ether oxygens (including phenoxy) is 2. The van der Waals surface area contributed by atoms with Crippen LogP contribution in [-0.4, -0.2) is 17.0 Å². The summed E-state index contributed by atoms with van der Waals surface area (Å²) in [5.74, 6) is 2.37. The molecule has 2 rings (SSSR count). The number of primary amides is 1. The van der Waals surface area contributed by atoms with Crippen molar-refractivity contribution in [3.63, 3.8) is 0 Å². The molecule has 1 amide bonds. The first-order valence-electron chi connectivity index (χ1n) is 7.09. The van der Waals surface area contributed by atoms with Crippen LogP contribution in [0.5, 0.6) is 11.5 Å². The van der Waals surface area contributed by atoms with Gasteiger partial charge in [-0.3, -0.25) is 4.79 Å². The van der Waals surface area contributed by atoms with E-state index in [1.165, 1.54) is 0 Å². The fourth-order valence-corrected chi connectivity index (χ4v) is 1.68. The molecule has 2 aromatic rings. The third kappa shape index (κ3) is 4.25. The van der Waals surface area contributed by atoms with Gasteiger partial charge < -0.3 is 19.6 Å². The van der Waals surface area contributed by atoms with Crippen LogP contribution in [0.25, 0.3) is 0 Å². The van der Waals surface area contributed by atoms with Gasteiger partial charge in [-0.15, -0.1) is 0 Å². The Morgan fingerprint density at radius 1 is 1.23 bits per heavy atom. The van der Waals surface area contributed by atoms with Crippen molar-refractivity contribution in [2.24, 2.45) is 5.73 Å². The van der Waals surface area contributed by atoms with E-state index in [1.807, 2.05) is 13.8 Å². The molecule has 0 fully saturated rings. The smallest absolute Gasteiger partial charge is 0.258 e. The van der Waals surface area contributed by atoms with Gasteiger partial charge in [-0.2, -0.15) is 0 Å². The summed E-state index contributed by atoms with van der Waals surface area (Å²) in [5, 5.41) is 0. The van der Waals surface area contributed by atoms with Gasteiger partial charge in [0.2, 0.25) is 5.89 Å². The normalized spacial score (nSPS) is 12.2. The predicted molar refractivity (Wildman–Crippen MR) is 80.7 cm³/mol. The number of amides is 1. The Balaban J connectivity index is 1.89. The highest BCUT2D eigenvalue weighted by Gasteiger charge is 2.10. The van der Waals surface area contributed by atoms with Crippen LogP contribution >= 0.6 is 0 Å². The third-order valence-corrected chi connectivity index (χ3v) is 3.04. The van der Waals surface area contributed by atoms with Crippen molar-refractivity contribution in [3.8, 4) is 11.5 Å². The van der Waals surface area contributed by atoms with Crippen molar-refractivity contribution >= 4 is 5.91 Å². The Kier molecular flexibility index (Phi) is 5.04. The van der Waals surface area contributed by atoms with Crippen LogP contribution in [0.3, 0.4) is 0 Å². The summed E-state index contributed by atoms with van der Waals surface area (Å²) in [6, 6.07) is 6.92. The molecule has 0 saturated carbocycles. The predicted octanol–water partition coefficient (Wildman–Crippen LogP) is 2.63. The van der Waals surface area contributed by atoms with Gasteiger partial charge in [0.05, 0.1) is 6.20 Å². The summed E-state index contributed by atoms with van der Waals surface area (Å²) >= 11 is 0. The van der Waals surface area contributed by atoms with Crippen LogP contribution in [-0.2, 0) is 11.4 Å². The minimum atomic E-state index is -0.673. The van der Waals surface area contributed by atoms with Gasteiger partial charge in [0, 0.05) is 5.92 Å². The van der Waals surface area contributed by atoms with E-state index in [0.717, 1.165) is 5.76 Å². The van der Waals surface area contributed by atoms with E-state index >= 15 is 0 Å². The number of oxazole rings is 1. The van der Waals surface area contributed by atoms with E-state index in [-0.39, 0.29) is 6.61 Å². The van der Waals surface area contributed by atoms with E-state index in [4.69, 9.17) is 19.6 Å². The number of carbonyl (C=O) groups excluding carboxylic acids is 1. The molecule has 0 aliphatic carbocycles. The number of hydrogen-bond donors (Lipinski definition) is 1. The molecule has 0 aliphatic rings. The van der Waals surface area contributed by atoms with E-state index in [1.54, 1.807) is 37.4 Å². The lowest BCUT2D eigenvalue weighted by atomic mass is 10.2. The highest BCUT2D eigenvalue weighted by Crippen LogP contribution is 2.20. The lowest BCUT2D eigenvalue weighted by molar-refractivity contribution is -0.123. The lowest BCUT2D eigenvalue weighted by Gasteiger charge is -2.11. The Morgan fingerprint density at radius 2 is 1.86 bits per heavy atom. The first kappa shape index (κ1) is 15.9. The minimum absolute atomic E-state index is 0.255. The van der Waals surface area contributed by atoms with Gasteiger partial charge >= 0.3 is 0 Å². The fraction of sp³-hybridized carbons (Fsp3) is 0.375. The molecule has 6 nitrogen and oxygen atoms in total. The number of aromatic nitrogens is 1. The van der Waals surface area contributed by atoms with Crippen LogP contribution in [0.15, 0.2) is 34.9 Å². The molecule has 118 valence electrons. The molecule has 22 heavy (non-hydrogen) atoms. The van der Waals surface area contributed by atoms with Crippen LogP contribution in [0.4, 0.5) is 0 Å². The SMILES string of the molecule is CC(C)c1cnc(COc2ccc(O[C@H](C)C(N)=O)cc2)o1. The number of nitrogens with zero attached hydrogens (tertiary/aromatic N) is 1. The molecule has 0 aliphatic heterocycles. The molecule has 0 spiro atoms. The largest absolute Gasteiger partial charge is 0.484 e. The third-order valence-electron chi connectivity index (χ3n) is 3.04. The number of benzene rings is 1. The monoisotopic (exact) mass is 304 g/mol. The zero-order valence-electron chi connectivity index (χ0n) is 12.9. The minimum Gasteiger partial charge on any atom is -0.484 e. The Labute approximate surface area is 129 Å². The second-order valence-corrected chi connectivity index (χ2v) is 5.23. The number of rotatable bonds is 7. The van der Waals surface area contributed by atoms with Gasteiger partial charge in [-0.25, -0.2) is 4.98 Å². The maximum atomic E-state index is 10.9. The summed E-state index contributed by atoms with van der Waals surface area (Å²) in [6.07, 6.45) is 1.04. The van der Waals surface area contributed by atoms with E-state index < -0.39 is 12.0 Å². The van der Waals surface area contributed by atoms with Gasteiger partial charge in [0.25, 0.3) is 5.91 Å². The zero-order valence-corrected chi connectivity index (χ0v) is 12.9. The summed E-state index contributed by atoms with van der Waals surface area (Å²) < 4.78 is 16.5. The van der Waals surface area contributed by atoms with Crippen molar-refractivity contribution in [3.05, 3.63) is 42.1 Å². The first-order chi connectivity index (χ1) is 10.5. The zero-order chi connectivity index (χ0) is 16.1. The second kappa shape index (κ2) is 6.98. The van der Waals surface area contributed by atoms with Crippen molar-refractivity contribution in [2.45, 2.75) is 39.4 Å². The molecule has 1 aromatic carbocycles. The molecule has 0 unspecified atom stereocenters. The molecule has 1 heterocycles. The van der Waals surface area contributed by atoms with Crippen molar-refractivity contribution < 1.29 is 18.7 Å². The molecule has 1 atom stereocenters. The Morgan fingerprint density at radius 3 is 2.41 bits per heavy atom. The quantitative estimate of drug-likeness (QED) is 0.849. The average molecular weight is 304 g/mol. The van der Waals surface area contributed by atoms with E-state index in [9.17, 15) is 4.79 Å². The molecular formula is C16H20N2O4. The van der Waals surface area contributed by atoms with Gasteiger partial charge in [0.1, 0.15) is 17.3 Å². The molecule has 0 radical (unpaired) electrons. The van der Waals surface area contributed by atoms with Crippen LogP contribution < -0.4 is 15.2 Å². The Hall–Kier alpha value is -2.50. The standard InChI is InChI=1S/C16H20N2O4/c1-10(2)14-8-18-15(22-14)9-20-12-4-6-13(7-5-12)21-11(3)16(17)19/h4-8,10-11H,9H2,1-3H3,(H2,17,19)/t11-/m1/s1. The van der Waals surface area contributed by atoms with E-state index in [2.05, 4.69) is 4.98 Å². The van der Waals surface area contributed by atoms with Crippen LogP contribution in [0.2, 0.25) is 0 Å². The summed E-state index contributed by atoms with van der Waals surface area (Å²) in [5.41, 5.74) is 5.14. The fourth-order valence-electron chi connectivity index (χ4n) is 1.68. The van der Waals surface area contributed by atoms with Gasteiger partial charge in [-0.1, -0.05) is 13.8 Å². The number of nitrogens with two attached hydrogens (primary N) is 1. The summed E-state index contributed by atoms with van der Waals surface area (Å²) in [7, 11) is 0. The number of carbonyl (C=O) groups is 1. The van der Waals surface area contributed by atoms with Crippen molar-refractivity contribution in [2.75, 3.05) is 0 Å². The summed E-state index contributed by atoms with van der Waals surface area (Å²) in [4.78, 5) is 15.1. The average Bonchev–Trinajstić information content (AvgIpc) is 2.95. The molecule has 6 heteroatoms. The van der Waals surface area contributed by atoms with Gasteiger partial charge in [0.15, 0.2) is 12.7 Å². The lowest BCUT2D eigenvalue weighted by Crippen LogP contribution is -2.30. The second-order valence-electron chi connectivity index (χ2n) is 5.23. The van der Waals surface area contributed by atoms with Crippen LogP contribution in [0.1, 0.15) is 38.3 Å². The highest BCUT2D eigenvalue weighted by atomic mass is 16.5. The van der Waals surface area contributed by atoms with Crippen LogP contribution in [0, 0.1) is 0 Å². The topological polar surface area (TPSA) is 87.6 Å².